The van der Waals surface area contributed by atoms with Crippen molar-refractivity contribution in [3.05, 3.63) is 35.4 Å². The van der Waals surface area contributed by atoms with Gasteiger partial charge < -0.3 is 5.32 Å². The second-order valence-electron chi connectivity index (χ2n) is 6.06. The molecule has 0 radical (unpaired) electrons. The van der Waals surface area contributed by atoms with Crippen LogP contribution >= 0.6 is 0 Å². The quantitative estimate of drug-likeness (QED) is 0.872. The third-order valence-corrected chi connectivity index (χ3v) is 4.20. The molecule has 1 aliphatic rings. The summed E-state index contributed by atoms with van der Waals surface area (Å²) < 4.78 is 0. The van der Waals surface area contributed by atoms with Crippen LogP contribution in [0.2, 0.25) is 0 Å². The Balaban J connectivity index is 1.97. The normalized spacial score (nSPS) is 24.6. The van der Waals surface area contributed by atoms with Crippen molar-refractivity contribution in [2.24, 2.45) is 5.92 Å². The summed E-state index contributed by atoms with van der Waals surface area (Å²) in [5, 5.41) is 3.40. The molecule has 2 unspecified atom stereocenters. The van der Waals surface area contributed by atoms with Crippen molar-refractivity contribution in [1.82, 2.24) is 10.2 Å². The zero-order chi connectivity index (χ0) is 13.7. The number of nitrogens with zero attached hydrogens (tertiary/aromatic N) is 1. The molecule has 1 aromatic carbocycles. The van der Waals surface area contributed by atoms with E-state index in [1.807, 2.05) is 0 Å². The lowest BCUT2D eigenvalue weighted by Crippen LogP contribution is -2.40. The summed E-state index contributed by atoms with van der Waals surface area (Å²) in [5.74, 6) is 0.848. The van der Waals surface area contributed by atoms with Crippen molar-refractivity contribution in [3.8, 4) is 0 Å². The summed E-state index contributed by atoms with van der Waals surface area (Å²) >= 11 is 0. The van der Waals surface area contributed by atoms with Gasteiger partial charge in [-0.15, -0.1) is 0 Å². The SMILES string of the molecule is CCNCc1cccc(CN2CC(C)CCC2C)c1. The fraction of sp³-hybridized carbons (Fsp3) is 0.647. The van der Waals surface area contributed by atoms with Crippen molar-refractivity contribution in [2.75, 3.05) is 13.1 Å². The highest BCUT2D eigenvalue weighted by Crippen LogP contribution is 2.23. The molecule has 2 rings (SSSR count). The second kappa shape index (κ2) is 7.06. The third-order valence-electron chi connectivity index (χ3n) is 4.20. The number of hydrogen-bond acceptors (Lipinski definition) is 2. The van der Waals surface area contributed by atoms with Gasteiger partial charge >= 0.3 is 0 Å². The fourth-order valence-electron chi connectivity index (χ4n) is 2.94. The van der Waals surface area contributed by atoms with Gasteiger partial charge in [0.15, 0.2) is 0 Å². The predicted octanol–water partition coefficient (Wildman–Crippen LogP) is 3.42. The Kier molecular flexibility index (Phi) is 5.41. The Morgan fingerprint density at radius 1 is 1.21 bits per heavy atom. The number of piperidine rings is 1. The Morgan fingerprint density at radius 3 is 2.79 bits per heavy atom. The van der Waals surface area contributed by atoms with Gasteiger partial charge in [0.1, 0.15) is 0 Å². The minimum Gasteiger partial charge on any atom is -0.313 e. The van der Waals surface area contributed by atoms with Gasteiger partial charge in [0.25, 0.3) is 0 Å². The van der Waals surface area contributed by atoms with Gasteiger partial charge in [-0.3, -0.25) is 4.90 Å². The van der Waals surface area contributed by atoms with E-state index in [-0.39, 0.29) is 0 Å². The molecule has 2 heteroatoms. The minimum atomic E-state index is 0.730. The Bertz CT molecular complexity index is 389. The molecule has 0 saturated carbocycles. The van der Waals surface area contributed by atoms with E-state index in [1.165, 1.54) is 30.5 Å². The molecule has 0 bridgehead atoms. The molecule has 1 aliphatic heterocycles. The summed E-state index contributed by atoms with van der Waals surface area (Å²) in [6, 6.07) is 9.76. The molecule has 106 valence electrons. The van der Waals surface area contributed by atoms with Gasteiger partial charge in [-0.2, -0.15) is 0 Å². The van der Waals surface area contributed by atoms with Crippen LogP contribution in [0.4, 0.5) is 0 Å². The van der Waals surface area contributed by atoms with E-state index >= 15 is 0 Å². The molecule has 19 heavy (non-hydrogen) atoms. The maximum atomic E-state index is 3.40. The summed E-state index contributed by atoms with van der Waals surface area (Å²) in [5.41, 5.74) is 2.86. The first kappa shape index (κ1) is 14.5. The highest BCUT2D eigenvalue weighted by Gasteiger charge is 2.22. The van der Waals surface area contributed by atoms with Crippen molar-refractivity contribution in [3.63, 3.8) is 0 Å². The Hall–Kier alpha value is -0.860. The van der Waals surface area contributed by atoms with Crippen molar-refractivity contribution < 1.29 is 0 Å². The lowest BCUT2D eigenvalue weighted by atomic mass is 9.94. The topological polar surface area (TPSA) is 15.3 Å². The summed E-state index contributed by atoms with van der Waals surface area (Å²) in [6.45, 7) is 11.3. The lowest BCUT2D eigenvalue weighted by molar-refractivity contribution is 0.117. The molecule has 1 saturated heterocycles. The molecular formula is C17H28N2. The first-order chi connectivity index (χ1) is 9.19. The average Bonchev–Trinajstić information content (AvgIpc) is 2.41. The van der Waals surface area contributed by atoms with Crippen LogP contribution < -0.4 is 5.32 Å². The van der Waals surface area contributed by atoms with Gasteiger partial charge in [0, 0.05) is 25.7 Å². The highest BCUT2D eigenvalue weighted by atomic mass is 15.2. The summed E-state index contributed by atoms with van der Waals surface area (Å²) in [7, 11) is 0. The first-order valence-electron chi connectivity index (χ1n) is 7.71. The van der Waals surface area contributed by atoms with Crippen LogP contribution in [0.3, 0.4) is 0 Å². The van der Waals surface area contributed by atoms with Crippen LogP contribution in [-0.4, -0.2) is 24.0 Å². The number of hydrogen-bond donors (Lipinski definition) is 1. The number of likely N-dealkylation sites (tertiary alicyclic amines) is 1. The van der Waals surface area contributed by atoms with Gasteiger partial charge in [0.2, 0.25) is 0 Å². The van der Waals surface area contributed by atoms with Gasteiger partial charge in [-0.25, -0.2) is 0 Å². The standard InChI is InChI=1S/C17H28N2/c1-4-18-11-16-6-5-7-17(10-16)13-19-12-14(2)8-9-15(19)3/h5-7,10,14-15,18H,4,8-9,11-13H2,1-3H3. The van der Waals surface area contributed by atoms with Crippen LogP contribution in [0.15, 0.2) is 24.3 Å². The largest absolute Gasteiger partial charge is 0.313 e. The molecule has 1 fully saturated rings. The van der Waals surface area contributed by atoms with Gasteiger partial charge in [0.05, 0.1) is 0 Å². The molecule has 0 aliphatic carbocycles. The maximum absolute atomic E-state index is 3.40. The molecular weight excluding hydrogens is 232 g/mol. The zero-order valence-corrected chi connectivity index (χ0v) is 12.7. The molecule has 2 atom stereocenters. The monoisotopic (exact) mass is 260 g/mol. The van der Waals surface area contributed by atoms with Crippen LogP contribution in [0.5, 0.6) is 0 Å². The Labute approximate surface area is 118 Å². The van der Waals surface area contributed by atoms with Crippen molar-refractivity contribution >= 4 is 0 Å². The number of benzene rings is 1. The van der Waals surface area contributed by atoms with E-state index < -0.39 is 0 Å². The van der Waals surface area contributed by atoms with Crippen molar-refractivity contribution in [2.45, 2.75) is 52.7 Å². The van der Waals surface area contributed by atoms with E-state index in [0.717, 1.165) is 31.6 Å². The highest BCUT2D eigenvalue weighted by molar-refractivity contribution is 5.23. The smallest absolute Gasteiger partial charge is 0.0236 e. The molecule has 1 heterocycles. The predicted molar refractivity (Wildman–Crippen MR) is 82.1 cm³/mol. The van der Waals surface area contributed by atoms with E-state index in [0.29, 0.717) is 0 Å². The van der Waals surface area contributed by atoms with E-state index in [1.54, 1.807) is 0 Å². The van der Waals surface area contributed by atoms with E-state index in [2.05, 4.69) is 55.3 Å². The number of nitrogens with one attached hydrogen (secondary N) is 1. The molecule has 1 N–H and O–H groups in total. The third kappa shape index (κ3) is 4.32. The lowest BCUT2D eigenvalue weighted by Gasteiger charge is -2.36. The molecule has 0 spiro atoms. The maximum Gasteiger partial charge on any atom is 0.0236 e. The Morgan fingerprint density at radius 2 is 2.00 bits per heavy atom. The molecule has 1 aromatic rings. The number of rotatable bonds is 5. The van der Waals surface area contributed by atoms with Gasteiger partial charge in [-0.1, -0.05) is 38.1 Å². The summed E-state index contributed by atoms with van der Waals surface area (Å²) in [4.78, 5) is 2.64. The van der Waals surface area contributed by atoms with Crippen LogP contribution in [0, 0.1) is 5.92 Å². The second-order valence-corrected chi connectivity index (χ2v) is 6.06. The van der Waals surface area contributed by atoms with E-state index in [4.69, 9.17) is 0 Å². The van der Waals surface area contributed by atoms with Crippen molar-refractivity contribution in [1.29, 1.82) is 0 Å². The average molecular weight is 260 g/mol. The molecule has 0 aromatic heterocycles. The zero-order valence-electron chi connectivity index (χ0n) is 12.7. The molecule has 0 amide bonds. The van der Waals surface area contributed by atoms with Crippen LogP contribution in [-0.2, 0) is 13.1 Å². The minimum absolute atomic E-state index is 0.730. The first-order valence-corrected chi connectivity index (χ1v) is 7.71. The summed E-state index contributed by atoms with van der Waals surface area (Å²) in [6.07, 6.45) is 2.73. The van der Waals surface area contributed by atoms with Crippen LogP contribution in [0.1, 0.15) is 44.7 Å². The fourth-order valence-corrected chi connectivity index (χ4v) is 2.94. The van der Waals surface area contributed by atoms with Crippen LogP contribution in [0.25, 0.3) is 0 Å². The molecule has 2 nitrogen and oxygen atoms in total. The van der Waals surface area contributed by atoms with E-state index in [9.17, 15) is 0 Å². The van der Waals surface area contributed by atoms with Gasteiger partial charge in [-0.05, 0) is 43.4 Å².